The molecule has 26 heavy (non-hydrogen) atoms. The normalized spacial score (nSPS) is 19.7. The number of carbonyl (C=O) groups excluding carboxylic acids is 1. The molecule has 1 heterocycles. The number of fused-ring (bicyclic) bond motifs is 3. The van der Waals surface area contributed by atoms with E-state index in [1.54, 1.807) is 0 Å². The zero-order chi connectivity index (χ0) is 18.1. The number of aromatic nitrogens is 1. The Morgan fingerprint density at radius 1 is 1.19 bits per heavy atom. The van der Waals surface area contributed by atoms with E-state index >= 15 is 0 Å². The second kappa shape index (κ2) is 7.53. The molecular weight excluding hydrogens is 324 g/mol. The van der Waals surface area contributed by atoms with E-state index in [2.05, 4.69) is 35.0 Å². The van der Waals surface area contributed by atoms with Gasteiger partial charge in [-0.25, -0.2) is 0 Å². The number of hydrogen-bond acceptors (Lipinski definition) is 3. The van der Waals surface area contributed by atoms with Gasteiger partial charge in [-0.3, -0.25) is 4.79 Å². The first-order chi connectivity index (χ1) is 12.6. The topological polar surface area (TPSA) is 54.3 Å². The van der Waals surface area contributed by atoms with Crippen molar-refractivity contribution in [1.29, 1.82) is 0 Å². The Morgan fingerprint density at radius 2 is 2.00 bits per heavy atom. The van der Waals surface area contributed by atoms with Gasteiger partial charge in [0.15, 0.2) is 5.78 Å². The fourth-order valence-corrected chi connectivity index (χ4v) is 4.73. The molecule has 140 valence electrons. The molecule has 2 aromatic rings. The highest BCUT2D eigenvalue weighted by Crippen LogP contribution is 2.33. The van der Waals surface area contributed by atoms with Crippen LogP contribution in [0.15, 0.2) is 18.2 Å². The molecule has 0 amide bonds. The second-order valence-corrected chi connectivity index (χ2v) is 8.13. The summed E-state index contributed by atoms with van der Waals surface area (Å²) in [6.07, 6.45) is 8.39. The van der Waals surface area contributed by atoms with E-state index in [0.717, 1.165) is 24.1 Å². The van der Waals surface area contributed by atoms with Gasteiger partial charge >= 0.3 is 0 Å². The van der Waals surface area contributed by atoms with E-state index in [9.17, 15) is 9.90 Å². The molecule has 1 atom stereocenters. The van der Waals surface area contributed by atoms with Gasteiger partial charge in [-0.15, -0.1) is 0 Å². The predicted molar refractivity (Wildman–Crippen MR) is 105 cm³/mol. The van der Waals surface area contributed by atoms with Crippen LogP contribution in [0.2, 0.25) is 0 Å². The Hall–Kier alpha value is -1.65. The van der Waals surface area contributed by atoms with Crippen molar-refractivity contribution in [2.75, 3.05) is 6.54 Å². The zero-order valence-electron chi connectivity index (χ0n) is 15.8. The molecular formula is C22H30N2O2. The molecule has 0 unspecified atom stereocenters. The smallest absolute Gasteiger partial charge is 0.179 e. The standard InChI is InChI=1S/C22H30N2O2/c1-15-10-11-20-19(12-15)18-8-5-9-21(26)22(18)24(20)14-17(25)13-23-16-6-3-2-4-7-16/h10-12,16-17,23,25H,2-9,13-14H2,1H3/t17-/m1/s1. The van der Waals surface area contributed by atoms with Crippen molar-refractivity contribution in [3.8, 4) is 0 Å². The Balaban J connectivity index is 1.57. The molecule has 0 bridgehead atoms. The SMILES string of the molecule is Cc1ccc2c(c1)c1c(n2C[C@H](O)CNC2CCCCC2)C(=O)CCC1. The maximum atomic E-state index is 12.6. The zero-order valence-corrected chi connectivity index (χ0v) is 15.8. The molecule has 1 saturated carbocycles. The third-order valence-corrected chi connectivity index (χ3v) is 6.06. The minimum absolute atomic E-state index is 0.229. The fraction of sp³-hybridized carbons (Fsp3) is 0.591. The average Bonchev–Trinajstić information content (AvgIpc) is 2.95. The largest absolute Gasteiger partial charge is 0.390 e. The summed E-state index contributed by atoms with van der Waals surface area (Å²) in [6, 6.07) is 6.94. The molecule has 2 N–H and O–H groups in total. The summed E-state index contributed by atoms with van der Waals surface area (Å²) in [6.45, 7) is 3.18. The molecule has 2 aliphatic carbocycles. The molecule has 0 radical (unpaired) electrons. The van der Waals surface area contributed by atoms with Crippen molar-refractivity contribution in [3.05, 3.63) is 35.0 Å². The van der Waals surface area contributed by atoms with Crippen LogP contribution in [0.4, 0.5) is 0 Å². The van der Waals surface area contributed by atoms with Crippen molar-refractivity contribution in [3.63, 3.8) is 0 Å². The average molecular weight is 354 g/mol. The van der Waals surface area contributed by atoms with Gasteiger partial charge in [0.25, 0.3) is 0 Å². The number of carbonyl (C=O) groups is 1. The highest BCUT2D eigenvalue weighted by Gasteiger charge is 2.27. The van der Waals surface area contributed by atoms with Gasteiger partial charge in [-0.1, -0.05) is 30.9 Å². The van der Waals surface area contributed by atoms with Crippen LogP contribution in [0.1, 0.15) is 66.6 Å². The molecule has 1 aromatic carbocycles. The van der Waals surface area contributed by atoms with Crippen molar-refractivity contribution >= 4 is 16.7 Å². The van der Waals surface area contributed by atoms with Crippen LogP contribution in [-0.2, 0) is 13.0 Å². The summed E-state index contributed by atoms with van der Waals surface area (Å²) in [5.41, 5.74) is 4.34. The molecule has 4 rings (SSSR count). The van der Waals surface area contributed by atoms with Gasteiger partial charge < -0.3 is 15.0 Å². The van der Waals surface area contributed by atoms with Crippen LogP contribution in [0.25, 0.3) is 10.9 Å². The van der Waals surface area contributed by atoms with Gasteiger partial charge in [0.1, 0.15) is 0 Å². The molecule has 2 aliphatic rings. The van der Waals surface area contributed by atoms with Gasteiger partial charge in [-0.2, -0.15) is 0 Å². The van der Waals surface area contributed by atoms with Gasteiger partial charge in [0.05, 0.1) is 18.3 Å². The summed E-state index contributed by atoms with van der Waals surface area (Å²) in [5, 5.41) is 15.4. The number of nitrogens with one attached hydrogen (secondary N) is 1. The van der Waals surface area contributed by atoms with Crippen LogP contribution >= 0.6 is 0 Å². The molecule has 0 spiro atoms. The number of nitrogens with zero attached hydrogens (tertiary/aromatic N) is 1. The molecule has 4 heteroatoms. The number of Topliss-reactive ketones (excluding diaryl/α,β-unsaturated/α-hetero) is 1. The third kappa shape index (κ3) is 3.45. The molecule has 4 nitrogen and oxygen atoms in total. The highest BCUT2D eigenvalue weighted by atomic mass is 16.3. The molecule has 1 fully saturated rings. The first kappa shape index (κ1) is 17.7. The monoisotopic (exact) mass is 354 g/mol. The Bertz CT molecular complexity index is 802. The van der Waals surface area contributed by atoms with E-state index in [0.29, 0.717) is 25.6 Å². The Labute approximate surface area is 155 Å². The first-order valence-corrected chi connectivity index (χ1v) is 10.2. The van der Waals surface area contributed by atoms with Crippen LogP contribution in [0, 0.1) is 6.92 Å². The number of hydrogen-bond donors (Lipinski definition) is 2. The summed E-state index contributed by atoms with van der Waals surface area (Å²) < 4.78 is 2.08. The number of aryl methyl sites for hydroxylation is 2. The van der Waals surface area contributed by atoms with Crippen molar-refractivity contribution < 1.29 is 9.90 Å². The molecule has 0 aliphatic heterocycles. The van der Waals surface area contributed by atoms with Gasteiger partial charge in [0.2, 0.25) is 0 Å². The summed E-state index contributed by atoms with van der Waals surface area (Å²) >= 11 is 0. The lowest BCUT2D eigenvalue weighted by Gasteiger charge is -2.25. The number of rotatable bonds is 5. The van der Waals surface area contributed by atoms with E-state index in [-0.39, 0.29) is 5.78 Å². The van der Waals surface area contributed by atoms with E-state index in [1.807, 2.05) is 0 Å². The fourth-order valence-electron chi connectivity index (χ4n) is 4.73. The highest BCUT2D eigenvalue weighted by molar-refractivity contribution is 6.04. The van der Waals surface area contributed by atoms with Crippen LogP contribution in [0.5, 0.6) is 0 Å². The maximum Gasteiger partial charge on any atom is 0.179 e. The minimum Gasteiger partial charge on any atom is -0.390 e. The van der Waals surface area contributed by atoms with Crippen molar-refractivity contribution in [2.45, 2.75) is 77.0 Å². The number of benzene rings is 1. The number of ketones is 1. The Kier molecular flexibility index (Phi) is 5.14. The number of aliphatic hydroxyl groups is 1. The van der Waals surface area contributed by atoms with E-state index in [4.69, 9.17) is 0 Å². The first-order valence-electron chi connectivity index (χ1n) is 10.2. The predicted octanol–water partition coefficient (Wildman–Crippen LogP) is 3.75. The van der Waals surface area contributed by atoms with Crippen LogP contribution < -0.4 is 5.32 Å². The lowest BCUT2D eigenvalue weighted by atomic mass is 9.94. The van der Waals surface area contributed by atoms with Crippen LogP contribution in [-0.4, -0.2) is 34.1 Å². The van der Waals surface area contributed by atoms with Gasteiger partial charge in [0, 0.05) is 29.9 Å². The maximum absolute atomic E-state index is 12.6. The second-order valence-electron chi connectivity index (χ2n) is 8.13. The van der Waals surface area contributed by atoms with Gasteiger partial charge in [-0.05, 0) is 50.3 Å². The third-order valence-electron chi connectivity index (χ3n) is 6.06. The minimum atomic E-state index is -0.479. The summed E-state index contributed by atoms with van der Waals surface area (Å²) in [4.78, 5) is 12.6. The van der Waals surface area contributed by atoms with E-state index < -0.39 is 6.10 Å². The molecule has 0 saturated heterocycles. The van der Waals surface area contributed by atoms with Crippen molar-refractivity contribution in [1.82, 2.24) is 9.88 Å². The summed E-state index contributed by atoms with van der Waals surface area (Å²) in [7, 11) is 0. The number of aliphatic hydroxyl groups excluding tert-OH is 1. The Morgan fingerprint density at radius 3 is 2.81 bits per heavy atom. The summed E-state index contributed by atoms with van der Waals surface area (Å²) in [5.74, 6) is 0.229. The quantitative estimate of drug-likeness (QED) is 0.860. The van der Waals surface area contributed by atoms with Crippen molar-refractivity contribution in [2.24, 2.45) is 0 Å². The lowest BCUT2D eigenvalue weighted by Crippen LogP contribution is -2.38. The van der Waals surface area contributed by atoms with Crippen LogP contribution in [0.3, 0.4) is 0 Å². The molecule has 1 aromatic heterocycles. The van der Waals surface area contributed by atoms with E-state index in [1.165, 1.54) is 48.6 Å². The lowest BCUT2D eigenvalue weighted by molar-refractivity contribution is 0.0956.